The average Bonchev–Trinajstić information content (AvgIpc) is 1.60. The van der Waals surface area contributed by atoms with Crippen molar-refractivity contribution in [1.29, 1.82) is 0 Å². The lowest BCUT2D eigenvalue weighted by molar-refractivity contribution is -0.116. The van der Waals surface area contributed by atoms with E-state index in [0.29, 0.717) is 6.04 Å². The van der Waals surface area contributed by atoms with Gasteiger partial charge in [-0.3, -0.25) is 0 Å². The molecule has 1 heterocycles. The molecule has 0 aromatic carbocycles. The van der Waals surface area contributed by atoms with Crippen molar-refractivity contribution >= 4 is 6.29 Å². The third-order valence-electron chi connectivity index (χ3n) is 2.03. The molecule has 1 aliphatic heterocycles. The summed E-state index contributed by atoms with van der Waals surface area (Å²) >= 11 is 0. The summed E-state index contributed by atoms with van der Waals surface area (Å²) in [6, 6.07) is 0.426. The van der Waals surface area contributed by atoms with E-state index in [-0.39, 0.29) is 5.41 Å². The minimum absolute atomic E-state index is 0.155. The van der Waals surface area contributed by atoms with Crippen LogP contribution in [0.5, 0.6) is 0 Å². The van der Waals surface area contributed by atoms with Crippen LogP contribution in [0.25, 0.3) is 0 Å². The molecule has 0 aliphatic carbocycles. The van der Waals surface area contributed by atoms with Gasteiger partial charge in [0.15, 0.2) is 0 Å². The van der Waals surface area contributed by atoms with Gasteiger partial charge in [0.2, 0.25) is 0 Å². The summed E-state index contributed by atoms with van der Waals surface area (Å²) in [6.45, 7) is 5.01. The number of hydrogen-bond acceptors (Lipinski definition) is 2. The Bertz CT molecular complexity index is 116. The van der Waals surface area contributed by atoms with Gasteiger partial charge >= 0.3 is 0 Å². The van der Waals surface area contributed by atoms with Crippen molar-refractivity contribution in [3.63, 3.8) is 0 Å². The Morgan fingerprint density at radius 1 is 1.67 bits per heavy atom. The molecule has 9 heavy (non-hydrogen) atoms. The first-order valence-corrected chi connectivity index (χ1v) is 3.36. The molecule has 1 aliphatic rings. The molecule has 1 saturated heterocycles. The summed E-state index contributed by atoms with van der Waals surface area (Å²) in [5.74, 6) is 0. The number of carbonyl (C=O) groups excluding carboxylic acids is 1. The van der Waals surface area contributed by atoms with Gasteiger partial charge in [0.25, 0.3) is 0 Å². The molecule has 1 rings (SSSR count). The third kappa shape index (κ3) is 1.13. The fourth-order valence-electron chi connectivity index (χ4n) is 1.01. The van der Waals surface area contributed by atoms with E-state index < -0.39 is 0 Å². The highest BCUT2D eigenvalue weighted by Crippen LogP contribution is 2.23. The molecular weight excluding hydrogens is 114 g/mol. The summed E-state index contributed by atoms with van der Waals surface area (Å²) in [5, 5.41) is 3.21. The lowest BCUT2D eigenvalue weighted by Gasteiger charge is -2.37. The molecular formula is C7H13NO. The predicted molar refractivity (Wildman–Crippen MR) is 36.3 cm³/mol. The first kappa shape index (κ1) is 6.75. The summed E-state index contributed by atoms with van der Waals surface area (Å²) in [7, 11) is 0. The van der Waals surface area contributed by atoms with Gasteiger partial charge in [0.05, 0.1) is 0 Å². The van der Waals surface area contributed by atoms with Crippen molar-refractivity contribution in [1.82, 2.24) is 5.32 Å². The second-order valence-electron chi connectivity index (χ2n) is 3.23. The van der Waals surface area contributed by atoms with Gasteiger partial charge in [0, 0.05) is 11.5 Å². The highest BCUT2D eigenvalue weighted by Gasteiger charge is 2.32. The number of carbonyl (C=O) groups is 1. The second kappa shape index (κ2) is 2.10. The van der Waals surface area contributed by atoms with Crippen molar-refractivity contribution < 1.29 is 4.79 Å². The largest absolute Gasteiger partial charge is 0.313 e. The Balaban J connectivity index is 2.46. The first-order valence-electron chi connectivity index (χ1n) is 3.36. The normalized spacial score (nSPS) is 27.1. The Morgan fingerprint density at radius 2 is 2.22 bits per heavy atom. The minimum atomic E-state index is -0.155. The number of nitrogens with one attached hydrogen (secondary N) is 1. The summed E-state index contributed by atoms with van der Waals surface area (Å²) in [6.07, 6.45) is 2.18. The van der Waals surface area contributed by atoms with Gasteiger partial charge in [-0.25, -0.2) is 0 Å². The van der Waals surface area contributed by atoms with Crippen LogP contribution < -0.4 is 5.32 Å². The van der Waals surface area contributed by atoms with Crippen LogP contribution in [-0.2, 0) is 4.79 Å². The minimum Gasteiger partial charge on any atom is -0.313 e. The van der Waals surface area contributed by atoms with Crippen molar-refractivity contribution in [2.45, 2.75) is 26.3 Å². The molecule has 1 unspecified atom stereocenters. The molecule has 0 aromatic heterocycles. The highest BCUT2D eigenvalue weighted by molar-refractivity contribution is 5.59. The molecule has 52 valence electrons. The highest BCUT2D eigenvalue weighted by atomic mass is 16.1. The second-order valence-corrected chi connectivity index (χ2v) is 3.23. The summed E-state index contributed by atoms with van der Waals surface area (Å²) in [4.78, 5) is 10.4. The van der Waals surface area contributed by atoms with Crippen LogP contribution in [0.1, 0.15) is 20.3 Å². The average molecular weight is 127 g/mol. The van der Waals surface area contributed by atoms with E-state index in [1.807, 2.05) is 13.8 Å². The van der Waals surface area contributed by atoms with Crippen molar-refractivity contribution in [3.05, 3.63) is 0 Å². The number of hydrogen-bond donors (Lipinski definition) is 1. The smallest absolute Gasteiger partial charge is 0.127 e. The van der Waals surface area contributed by atoms with E-state index >= 15 is 0 Å². The lowest BCUT2D eigenvalue weighted by atomic mass is 9.80. The Morgan fingerprint density at radius 3 is 2.33 bits per heavy atom. The van der Waals surface area contributed by atoms with Crippen LogP contribution in [0.3, 0.4) is 0 Å². The molecule has 0 aromatic rings. The van der Waals surface area contributed by atoms with Crippen LogP contribution in [0, 0.1) is 5.41 Å². The number of rotatable bonds is 2. The first-order chi connectivity index (χ1) is 4.17. The maximum Gasteiger partial charge on any atom is 0.127 e. The van der Waals surface area contributed by atoms with Crippen LogP contribution in [0.15, 0.2) is 0 Å². The molecule has 0 bridgehead atoms. The number of aldehydes is 1. The molecule has 0 saturated carbocycles. The Hall–Kier alpha value is -0.370. The molecule has 1 N–H and O–H groups in total. The molecule has 1 fully saturated rings. The molecule has 0 amide bonds. The van der Waals surface area contributed by atoms with Crippen LogP contribution in [0.4, 0.5) is 0 Å². The van der Waals surface area contributed by atoms with Crippen molar-refractivity contribution in [2.24, 2.45) is 5.41 Å². The maximum atomic E-state index is 10.4. The van der Waals surface area contributed by atoms with Crippen molar-refractivity contribution in [3.8, 4) is 0 Å². The maximum absolute atomic E-state index is 10.4. The van der Waals surface area contributed by atoms with Gasteiger partial charge in [-0.2, -0.15) is 0 Å². The van der Waals surface area contributed by atoms with Crippen LogP contribution in [0.2, 0.25) is 0 Å². The monoisotopic (exact) mass is 127 g/mol. The SMILES string of the molecule is CC(C)(C=O)C1CCN1. The van der Waals surface area contributed by atoms with E-state index in [9.17, 15) is 4.79 Å². The zero-order valence-electron chi connectivity index (χ0n) is 5.98. The van der Waals surface area contributed by atoms with Gasteiger partial charge in [-0.1, -0.05) is 13.8 Å². The zero-order chi connectivity index (χ0) is 6.91. The van der Waals surface area contributed by atoms with E-state index in [4.69, 9.17) is 0 Å². The Kier molecular flexibility index (Phi) is 1.58. The third-order valence-corrected chi connectivity index (χ3v) is 2.03. The molecule has 0 spiro atoms. The van der Waals surface area contributed by atoms with E-state index in [1.165, 1.54) is 0 Å². The predicted octanol–water partition coefficient (Wildman–Crippen LogP) is 0.573. The standard InChI is InChI=1S/C7H13NO/c1-7(2,5-9)6-3-4-8-6/h5-6,8H,3-4H2,1-2H3. The van der Waals surface area contributed by atoms with E-state index in [2.05, 4.69) is 5.32 Å². The Labute approximate surface area is 55.6 Å². The zero-order valence-corrected chi connectivity index (χ0v) is 5.98. The molecule has 2 nitrogen and oxygen atoms in total. The fourth-order valence-corrected chi connectivity index (χ4v) is 1.01. The summed E-state index contributed by atoms with van der Waals surface area (Å²) < 4.78 is 0. The molecule has 1 atom stereocenters. The molecule has 0 radical (unpaired) electrons. The van der Waals surface area contributed by atoms with Gasteiger partial charge in [-0.05, 0) is 13.0 Å². The van der Waals surface area contributed by atoms with Gasteiger partial charge in [0.1, 0.15) is 6.29 Å². The lowest BCUT2D eigenvalue weighted by Crippen LogP contribution is -2.52. The van der Waals surface area contributed by atoms with Gasteiger partial charge in [-0.15, -0.1) is 0 Å². The van der Waals surface area contributed by atoms with Crippen LogP contribution >= 0.6 is 0 Å². The van der Waals surface area contributed by atoms with Crippen molar-refractivity contribution in [2.75, 3.05) is 6.54 Å². The quantitative estimate of drug-likeness (QED) is 0.549. The van der Waals surface area contributed by atoms with E-state index in [1.54, 1.807) is 0 Å². The topological polar surface area (TPSA) is 29.1 Å². The van der Waals surface area contributed by atoms with Gasteiger partial charge < -0.3 is 10.1 Å². The summed E-state index contributed by atoms with van der Waals surface area (Å²) in [5.41, 5.74) is -0.155. The fraction of sp³-hybridized carbons (Fsp3) is 0.857. The van der Waals surface area contributed by atoms with Crippen LogP contribution in [-0.4, -0.2) is 18.9 Å². The molecule has 2 heteroatoms. The van der Waals surface area contributed by atoms with E-state index in [0.717, 1.165) is 19.3 Å².